The van der Waals surface area contributed by atoms with Crippen molar-refractivity contribution in [2.75, 3.05) is 6.61 Å². The van der Waals surface area contributed by atoms with E-state index in [1.165, 1.54) is 6.08 Å². The van der Waals surface area contributed by atoms with Crippen LogP contribution in [0.1, 0.15) is 46.9 Å². The first-order chi connectivity index (χ1) is 12.5. The van der Waals surface area contributed by atoms with Gasteiger partial charge in [-0.1, -0.05) is 6.07 Å². The van der Waals surface area contributed by atoms with E-state index in [0.29, 0.717) is 18.7 Å². The molecule has 0 aliphatic carbocycles. The molecule has 0 fully saturated rings. The molecule has 138 valence electrons. The molecule has 0 aromatic carbocycles. The minimum absolute atomic E-state index is 0.244. The average Bonchev–Trinajstić information content (AvgIpc) is 2.88. The van der Waals surface area contributed by atoms with Crippen LogP contribution >= 0.6 is 0 Å². The van der Waals surface area contributed by atoms with Gasteiger partial charge in [0.2, 0.25) is 5.91 Å². The molecule has 0 bridgehead atoms. The van der Waals surface area contributed by atoms with E-state index in [0.717, 1.165) is 29.2 Å². The van der Waals surface area contributed by atoms with E-state index in [4.69, 9.17) is 4.74 Å². The molecule has 0 radical (unpaired) electrons. The van der Waals surface area contributed by atoms with Crippen molar-refractivity contribution in [3.8, 4) is 0 Å². The molecule has 0 saturated carbocycles. The summed E-state index contributed by atoms with van der Waals surface area (Å²) in [7, 11) is 0. The summed E-state index contributed by atoms with van der Waals surface area (Å²) in [6.45, 7) is 9.01. The number of nitrogens with zero attached hydrogens (tertiary/aromatic N) is 2. The van der Waals surface area contributed by atoms with E-state index in [1.54, 1.807) is 19.2 Å². The van der Waals surface area contributed by atoms with Crippen LogP contribution in [0.15, 0.2) is 30.5 Å². The fraction of sp³-hybridized carbons (Fsp3) is 0.350. The average molecular weight is 355 g/mol. The SMILES string of the molecule is CCOC(=O)c1c(/C=C/C(=O)NCc2ccccn2)c(C)n(CC)c1C. The Balaban J connectivity index is 2.20. The zero-order valence-electron chi connectivity index (χ0n) is 15.7. The summed E-state index contributed by atoms with van der Waals surface area (Å²) in [4.78, 5) is 28.6. The molecule has 6 heteroatoms. The number of rotatable bonds is 7. The quantitative estimate of drug-likeness (QED) is 0.612. The van der Waals surface area contributed by atoms with E-state index in [-0.39, 0.29) is 11.9 Å². The third kappa shape index (κ3) is 4.39. The molecule has 2 aromatic rings. The molecule has 0 atom stereocenters. The normalized spacial score (nSPS) is 10.9. The largest absolute Gasteiger partial charge is 0.462 e. The molecular weight excluding hydrogens is 330 g/mol. The third-order valence-corrected chi connectivity index (χ3v) is 4.20. The predicted molar refractivity (Wildman–Crippen MR) is 101 cm³/mol. The van der Waals surface area contributed by atoms with Gasteiger partial charge in [-0.2, -0.15) is 0 Å². The van der Waals surface area contributed by atoms with Crippen LogP contribution in [0.4, 0.5) is 0 Å². The van der Waals surface area contributed by atoms with Crippen molar-refractivity contribution in [2.45, 2.75) is 40.8 Å². The van der Waals surface area contributed by atoms with Gasteiger partial charge in [0.15, 0.2) is 0 Å². The van der Waals surface area contributed by atoms with Gasteiger partial charge in [-0.05, 0) is 45.9 Å². The van der Waals surface area contributed by atoms with Crippen molar-refractivity contribution in [3.05, 3.63) is 58.7 Å². The fourth-order valence-electron chi connectivity index (χ4n) is 2.95. The first-order valence-electron chi connectivity index (χ1n) is 8.72. The molecular formula is C20H25N3O3. The van der Waals surface area contributed by atoms with E-state index in [1.807, 2.05) is 43.5 Å². The smallest absolute Gasteiger partial charge is 0.340 e. The lowest BCUT2D eigenvalue weighted by molar-refractivity contribution is -0.116. The summed E-state index contributed by atoms with van der Waals surface area (Å²) < 4.78 is 7.22. The predicted octanol–water partition coefficient (Wildman–Crippen LogP) is 3.03. The van der Waals surface area contributed by atoms with Crippen LogP contribution in [0, 0.1) is 13.8 Å². The summed E-state index contributed by atoms with van der Waals surface area (Å²) in [5.41, 5.74) is 3.79. The molecule has 2 aromatic heterocycles. The first kappa shape index (κ1) is 19.4. The van der Waals surface area contributed by atoms with E-state index < -0.39 is 0 Å². The minimum atomic E-state index is -0.367. The molecule has 0 unspecified atom stereocenters. The number of carbonyl (C=O) groups is 2. The number of nitrogens with one attached hydrogen (secondary N) is 1. The van der Waals surface area contributed by atoms with Crippen LogP contribution in [0.25, 0.3) is 6.08 Å². The second kappa shape index (κ2) is 8.99. The van der Waals surface area contributed by atoms with Crippen LogP contribution in [0.3, 0.4) is 0 Å². The maximum atomic E-state index is 12.3. The molecule has 0 aliphatic heterocycles. The number of esters is 1. The molecule has 1 amide bonds. The minimum Gasteiger partial charge on any atom is -0.462 e. The monoisotopic (exact) mass is 355 g/mol. The maximum absolute atomic E-state index is 12.3. The third-order valence-electron chi connectivity index (χ3n) is 4.20. The Kier molecular flexibility index (Phi) is 6.72. The second-order valence-corrected chi connectivity index (χ2v) is 5.80. The lowest BCUT2D eigenvalue weighted by Crippen LogP contribution is -2.20. The van der Waals surface area contributed by atoms with E-state index in [9.17, 15) is 9.59 Å². The Labute approximate surface area is 153 Å². The fourth-order valence-corrected chi connectivity index (χ4v) is 2.95. The van der Waals surface area contributed by atoms with Gasteiger partial charge < -0.3 is 14.6 Å². The molecule has 0 saturated heterocycles. The molecule has 0 spiro atoms. The highest BCUT2D eigenvalue weighted by atomic mass is 16.5. The Hall–Kier alpha value is -2.89. The highest BCUT2D eigenvalue weighted by Gasteiger charge is 2.22. The first-order valence-corrected chi connectivity index (χ1v) is 8.72. The van der Waals surface area contributed by atoms with E-state index >= 15 is 0 Å². The van der Waals surface area contributed by atoms with Gasteiger partial charge in [0, 0.05) is 35.8 Å². The number of ether oxygens (including phenoxy) is 1. The van der Waals surface area contributed by atoms with Crippen molar-refractivity contribution < 1.29 is 14.3 Å². The Morgan fingerprint density at radius 2 is 2.00 bits per heavy atom. The van der Waals surface area contributed by atoms with Crippen LogP contribution in [0.2, 0.25) is 0 Å². The molecule has 0 aliphatic rings. The van der Waals surface area contributed by atoms with Gasteiger partial charge in [-0.25, -0.2) is 4.79 Å². The number of aromatic nitrogens is 2. The lowest BCUT2D eigenvalue weighted by atomic mass is 10.1. The summed E-state index contributed by atoms with van der Waals surface area (Å²) in [5, 5.41) is 2.79. The zero-order valence-corrected chi connectivity index (χ0v) is 15.7. The number of carbonyl (C=O) groups excluding carboxylic acids is 2. The zero-order chi connectivity index (χ0) is 19.1. The van der Waals surface area contributed by atoms with Crippen LogP contribution in [-0.4, -0.2) is 28.0 Å². The number of pyridine rings is 1. The van der Waals surface area contributed by atoms with Gasteiger partial charge in [0.1, 0.15) is 0 Å². The Morgan fingerprint density at radius 3 is 2.62 bits per heavy atom. The van der Waals surface area contributed by atoms with Crippen molar-refractivity contribution in [3.63, 3.8) is 0 Å². The highest BCUT2D eigenvalue weighted by Crippen LogP contribution is 2.24. The number of amides is 1. The molecule has 6 nitrogen and oxygen atoms in total. The summed E-state index contributed by atoms with van der Waals surface area (Å²) >= 11 is 0. The number of hydrogen-bond donors (Lipinski definition) is 1. The maximum Gasteiger partial charge on any atom is 0.340 e. The van der Waals surface area contributed by atoms with Gasteiger partial charge in [0.05, 0.1) is 24.4 Å². The molecule has 2 rings (SSSR count). The van der Waals surface area contributed by atoms with Gasteiger partial charge in [-0.15, -0.1) is 0 Å². The topological polar surface area (TPSA) is 73.2 Å². The highest BCUT2D eigenvalue weighted by molar-refractivity contribution is 5.98. The van der Waals surface area contributed by atoms with Gasteiger partial charge >= 0.3 is 5.97 Å². The van der Waals surface area contributed by atoms with Crippen LogP contribution in [0.5, 0.6) is 0 Å². The lowest BCUT2D eigenvalue weighted by Gasteiger charge is -2.05. The van der Waals surface area contributed by atoms with Gasteiger partial charge in [0.25, 0.3) is 0 Å². The summed E-state index contributed by atoms with van der Waals surface area (Å²) in [6.07, 6.45) is 4.80. The summed E-state index contributed by atoms with van der Waals surface area (Å²) in [6, 6.07) is 5.54. The number of hydrogen-bond acceptors (Lipinski definition) is 4. The van der Waals surface area contributed by atoms with Crippen molar-refractivity contribution >= 4 is 18.0 Å². The Bertz CT molecular complexity index is 807. The standard InChI is InChI=1S/C20H25N3O3/c1-5-23-14(3)17(19(15(23)4)20(25)26-6-2)10-11-18(24)22-13-16-9-7-8-12-21-16/h7-12H,5-6,13H2,1-4H3,(H,22,24)/b11-10+. The van der Waals surface area contributed by atoms with Crippen LogP contribution < -0.4 is 5.32 Å². The molecule has 2 heterocycles. The molecule has 26 heavy (non-hydrogen) atoms. The molecule has 1 N–H and O–H groups in total. The van der Waals surface area contributed by atoms with Crippen molar-refractivity contribution in [1.29, 1.82) is 0 Å². The summed E-state index contributed by atoms with van der Waals surface area (Å²) in [5.74, 6) is -0.611. The van der Waals surface area contributed by atoms with Crippen molar-refractivity contribution in [1.82, 2.24) is 14.9 Å². The van der Waals surface area contributed by atoms with Gasteiger partial charge in [-0.3, -0.25) is 9.78 Å². The van der Waals surface area contributed by atoms with E-state index in [2.05, 4.69) is 10.3 Å². The Morgan fingerprint density at radius 1 is 1.23 bits per heavy atom. The second-order valence-electron chi connectivity index (χ2n) is 5.80. The van der Waals surface area contributed by atoms with Crippen LogP contribution in [-0.2, 0) is 22.6 Å². The van der Waals surface area contributed by atoms with Crippen molar-refractivity contribution in [2.24, 2.45) is 0 Å².